The Morgan fingerprint density at radius 2 is 1.78 bits per heavy atom. The van der Waals surface area contributed by atoms with Crippen LogP contribution in [-0.4, -0.2) is 55.4 Å². The number of aryl methyl sites for hydroxylation is 1. The van der Waals surface area contributed by atoms with Crippen molar-refractivity contribution in [3.8, 4) is 5.75 Å². The third-order valence-electron chi connectivity index (χ3n) is 4.23. The van der Waals surface area contributed by atoms with E-state index in [9.17, 15) is 9.59 Å². The van der Waals surface area contributed by atoms with E-state index in [0.717, 1.165) is 17.5 Å². The summed E-state index contributed by atoms with van der Waals surface area (Å²) in [6.07, 6.45) is 0.840. The first kappa shape index (κ1) is 17.3. The van der Waals surface area contributed by atoms with Crippen LogP contribution in [0.2, 0.25) is 0 Å². The van der Waals surface area contributed by atoms with Crippen LogP contribution >= 0.6 is 0 Å². The lowest BCUT2D eigenvalue weighted by atomic mass is 9.84. The molecule has 1 aliphatic heterocycles. The van der Waals surface area contributed by atoms with E-state index >= 15 is 0 Å². The molecule has 0 bridgehead atoms. The summed E-state index contributed by atoms with van der Waals surface area (Å²) in [5, 5.41) is 0. The number of ether oxygens (including phenoxy) is 1. The van der Waals surface area contributed by atoms with Gasteiger partial charge in [0.1, 0.15) is 5.75 Å². The lowest BCUT2D eigenvalue weighted by molar-refractivity contribution is -0.119. The molecule has 1 aromatic rings. The van der Waals surface area contributed by atoms with Gasteiger partial charge in [-0.25, -0.2) is 0 Å². The van der Waals surface area contributed by atoms with E-state index < -0.39 is 0 Å². The number of carbonyl (C=O) groups is 2. The zero-order chi connectivity index (χ0) is 17.2. The van der Waals surface area contributed by atoms with E-state index in [2.05, 4.69) is 26.8 Å². The quantitative estimate of drug-likeness (QED) is 0.803. The average molecular weight is 318 g/mol. The topological polar surface area (TPSA) is 49.9 Å². The Kier molecular flexibility index (Phi) is 4.97. The first-order valence-electron chi connectivity index (χ1n) is 7.95. The van der Waals surface area contributed by atoms with Crippen LogP contribution < -0.4 is 4.74 Å². The van der Waals surface area contributed by atoms with E-state index in [1.54, 1.807) is 16.9 Å². The molecule has 1 fully saturated rings. The minimum atomic E-state index is -0.109. The Morgan fingerprint density at radius 3 is 2.26 bits per heavy atom. The Bertz CT molecular complexity index is 597. The molecule has 0 spiro atoms. The normalized spacial score (nSPS) is 15.5. The first-order valence-corrected chi connectivity index (χ1v) is 7.95. The van der Waals surface area contributed by atoms with Crippen LogP contribution in [0.5, 0.6) is 5.75 Å². The molecule has 2 rings (SSSR count). The van der Waals surface area contributed by atoms with Gasteiger partial charge in [-0.3, -0.25) is 9.59 Å². The molecule has 0 N–H and O–H groups in total. The maximum Gasteiger partial charge on any atom is 0.257 e. The molecule has 0 atom stereocenters. The zero-order valence-electron chi connectivity index (χ0n) is 14.7. The Labute approximate surface area is 138 Å². The van der Waals surface area contributed by atoms with Gasteiger partial charge in [0.25, 0.3) is 5.91 Å². The molecule has 23 heavy (non-hydrogen) atoms. The highest BCUT2D eigenvalue weighted by molar-refractivity contribution is 5.98. The lowest BCUT2D eigenvalue weighted by Crippen LogP contribution is -2.48. The monoisotopic (exact) mass is 318 g/mol. The number of amides is 2. The summed E-state index contributed by atoms with van der Waals surface area (Å²) in [7, 11) is 1.61. The van der Waals surface area contributed by atoms with Crippen molar-refractivity contribution in [3.63, 3.8) is 0 Å². The second-order valence-corrected chi connectivity index (χ2v) is 7.08. The third-order valence-corrected chi connectivity index (χ3v) is 4.23. The molecule has 0 radical (unpaired) electrons. The summed E-state index contributed by atoms with van der Waals surface area (Å²) in [6.45, 7) is 10.6. The highest BCUT2D eigenvalue weighted by atomic mass is 16.5. The molecular formula is C18H26N2O3. The molecule has 1 saturated heterocycles. The van der Waals surface area contributed by atoms with Crippen molar-refractivity contribution in [1.82, 2.24) is 9.80 Å². The van der Waals surface area contributed by atoms with Crippen LogP contribution in [0.4, 0.5) is 0 Å². The van der Waals surface area contributed by atoms with E-state index in [1.165, 1.54) is 0 Å². The number of hydrogen-bond donors (Lipinski definition) is 0. The van der Waals surface area contributed by atoms with Gasteiger partial charge in [-0.05, 0) is 24.0 Å². The van der Waals surface area contributed by atoms with Crippen molar-refractivity contribution in [1.29, 1.82) is 0 Å². The molecule has 126 valence electrons. The van der Waals surface area contributed by atoms with Gasteiger partial charge in [0.15, 0.2) is 0 Å². The Balaban J connectivity index is 2.37. The second kappa shape index (κ2) is 6.60. The fourth-order valence-corrected chi connectivity index (χ4v) is 2.91. The summed E-state index contributed by atoms with van der Waals surface area (Å²) in [4.78, 5) is 27.2. The second-order valence-electron chi connectivity index (χ2n) is 7.08. The van der Waals surface area contributed by atoms with E-state index in [4.69, 9.17) is 4.74 Å². The standard InChI is InChI=1S/C18H26N2O3/c1-13-10-14(16(23-5)15(11-13)18(2,3)4)17(22)20-8-6-19(12-21)7-9-20/h10-12H,6-9H2,1-5H3. The summed E-state index contributed by atoms with van der Waals surface area (Å²) >= 11 is 0. The van der Waals surface area contributed by atoms with Crippen LogP contribution in [0.15, 0.2) is 12.1 Å². The smallest absolute Gasteiger partial charge is 0.257 e. The van der Waals surface area contributed by atoms with Gasteiger partial charge in [0.05, 0.1) is 12.7 Å². The number of rotatable bonds is 3. The zero-order valence-corrected chi connectivity index (χ0v) is 14.7. The third kappa shape index (κ3) is 3.66. The van der Waals surface area contributed by atoms with Crippen molar-refractivity contribution in [2.24, 2.45) is 0 Å². The maximum absolute atomic E-state index is 12.9. The van der Waals surface area contributed by atoms with Crippen molar-refractivity contribution >= 4 is 12.3 Å². The molecule has 1 aromatic carbocycles. The number of carbonyl (C=O) groups excluding carboxylic acids is 2. The van der Waals surface area contributed by atoms with Gasteiger partial charge in [-0.15, -0.1) is 0 Å². The van der Waals surface area contributed by atoms with E-state index in [-0.39, 0.29) is 11.3 Å². The van der Waals surface area contributed by atoms with Crippen LogP contribution in [0.25, 0.3) is 0 Å². The Morgan fingerprint density at radius 1 is 1.17 bits per heavy atom. The predicted molar refractivity (Wildman–Crippen MR) is 90.0 cm³/mol. The SMILES string of the molecule is COc1c(C(=O)N2CCN(C=O)CC2)cc(C)cc1C(C)(C)C. The molecule has 0 unspecified atom stereocenters. The maximum atomic E-state index is 12.9. The minimum Gasteiger partial charge on any atom is -0.496 e. The van der Waals surface area contributed by atoms with Crippen LogP contribution in [0.1, 0.15) is 42.3 Å². The highest BCUT2D eigenvalue weighted by Gasteiger charge is 2.28. The van der Waals surface area contributed by atoms with E-state index in [0.29, 0.717) is 37.5 Å². The van der Waals surface area contributed by atoms with Crippen molar-refractivity contribution in [3.05, 3.63) is 28.8 Å². The number of methoxy groups -OCH3 is 1. The fourth-order valence-electron chi connectivity index (χ4n) is 2.91. The van der Waals surface area contributed by atoms with Crippen molar-refractivity contribution in [2.75, 3.05) is 33.3 Å². The van der Waals surface area contributed by atoms with Crippen molar-refractivity contribution < 1.29 is 14.3 Å². The largest absolute Gasteiger partial charge is 0.496 e. The van der Waals surface area contributed by atoms with Crippen LogP contribution in [0.3, 0.4) is 0 Å². The van der Waals surface area contributed by atoms with Gasteiger partial charge >= 0.3 is 0 Å². The number of benzene rings is 1. The Hall–Kier alpha value is -2.04. The molecular weight excluding hydrogens is 292 g/mol. The van der Waals surface area contributed by atoms with E-state index in [1.807, 2.05) is 13.0 Å². The van der Waals surface area contributed by atoms with Gasteiger partial charge in [-0.1, -0.05) is 26.8 Å². The summed E-state index contributed by atoms with van der Waals surface area (Å²) in [6, 6.07) is 3.97. The van der Waals surface area contributed by atoms with Gasteiger partial charge in [-0.2, -0.15) is 0 Å². The van der Waals surface area contributed by atoms with Gasteiger partial charge in [0, 0.05) is 31.7 Å². The number of piperazine rings is 1. The predicted octanol–water partition coefficient (Wildman–Crippen LogP) is 2.22. The fraction of sp³-hybridized carbons (Fsp3) is 0.556. The molecule has 0 aromatic heterocycles. The molecule has 1 heterocycles. The van der Waals surface area contributed by atoms with Crippen molar-refractivity contribution in [2.45, 2.75) is 33.1 Å². The van der Waals surface area contributed by atoms with Gasteiger partial charge < -0.3 is 14.5 Å². The molecule has 5 heteroatoms. The molecule has 2 amide bonds. The molecule has 1 aliphatic rings. The summed E-state index contributed by atoms with van der Waals surface area (Å²) < 4.78 is 5.60. The average Bonchev–Trinajstić information content (AvgIpc) is 2.52. The summed E-state index contributed by atoms with van der Waals surface area (Å²) in [5.74, 6) is 0.632. The highest BCUT2D eigenvalue weighted by Crippen LogP contribution is 2.35. The first-order chi connectivity index (χ1) is 10.8. The molecule has 0 saturated carbocycles. The number of hydrogen-bond acceptors (Lipinski definition) is 3. The number of nitrogens with zero attached hydrogens (tertiary/aromatic N) is 2. The van der Waals surface area contributed by atoms with Crippen LogP contribution in [-0.2, 0) is 10.2 Å². The minimum absolute atomic E-state index is 0.0263. The lowest BCUT2D eigenvalue weighted by Gasteiger charge is -2.33. The van der Waals surface area contributed by atoms with Gasteiger partial charge in [0.2, 0.25) is 6.41 Å². The van der Waals surface area contributed by atoms with Crippen LogP contribution in [0, 0.1) is 6.92 Å². The molecule has 5 nitrogen and oxygen atoms in total. The molecule has 0 aliphatic carbocycles. The summed E-state index contributed by atoms with van der Waals surface area (Å²) in [5.41, 5.74) is 2.58.